The Morgan fingerprint density at radius 2 is 1.04 bits per heavy atom. The quantitative estimate of drug-likeness (QED) is 0.303. The van der Waals surface area contributed by atoms with E-state index in [1.807, 2.05) is 11.8 Å². The van der Waals surface area contributed by atoms with E-state index in [9.17, 15) is 0 Å². The van der Waals surface area contributed by atoms with E-state index in [4.69, 9.17) is 0 Å². The van der Waals surface area contributed by atoms with Crippen LogP contribution >= 0.6 is 11.8 Å². The average molecular weight is 577 g/mol. The summed E-state index contributed by atoms with van der Waals surface area (Å²) in [5.41, 5.74) is 2.65. The van der Waals surface area contributed by atoms with Gasteiger partial charge in [0.2, 0.25) is 0 Å². The van der Waals surface area contributed by atoms with Crippen LogP contribution in [0.3, 0.4) is 0 Å². The fourth-order valence-corrected chi connectivity index (χ4v) is 14.2. The molecule has 0 spiro atoms. The zero-order valence-corrected chi connectivity index (χ0v) is 20.5. The van der Waals surface area contributed by atoms with E-state index in [1.165, 1.54) is 27.5 Å². The van der Waals surface area contributed by atoms with Gasteiger partial charge in [-0.2, -0.15) is 0 Å². The van der Waals surface area contributed by atoms with Crippen molar-refractivity contribution in [2.45, 2.75) is 23.6 Å². The standard InChI is InChI=1S/C12H9S.2C7H7.Bi/c1-3-7-11(8-4-1)13-12-9-5-2-6-10-12;2*1-7-5-3-2-4-6-7;/h1-9H;2*3-6H,1H3;. The molecule has 0 nitrogen and oxygen atoms in total. The summed E-state index contributed by atoms with van der Waals surface area (Å²) in [6.07, 6.45) is 0. The molecule has 0 N–H and O–H groups in total. The molecule has 0 saturated carbocycles. The van der Waals surface area contributed by atoms with Crippen LogP contribution < -0.4 is 9.81 Å². The zero-order chi connectivity index (χ0) is 19.3. The van der Waals surface area contributed by atoms with Crippen molar-refractivity contribution < 1.29 is 0 Å². The van der Waals surface area contributed by atoms with E-state index in [0.717, 1.165) is 0 Å². The number of hydrogen-bond donors (Lipinski definition) is 0. The molecule has 0 unspecified atom stereocenters. The Morgan fingerprint density at radius 1 is 0.536 bits per heavy atom. The number of benzene rings is 4. The summed E-state index contributed by atoms with van der Waals surface area (Å²) >= 11 is -0.487. The monoisotopic (exact) mass is 576 g/mol. The first-order chi connectivity index (χ1) is 13.7. The molecule has 0 saturated heterocycles. The molecule has 138 valence electrons. The van der Waals surface area contributed by atoms with Crippen LogP contribution in [0.25, 0.3) is 0 Å². The van der Waals surface area contributed by atoms with Crippen LogP contribution in [0.2, 0.25) is 0 Å². The molecule has 0 bridgehead atoms. The first kappa shape index (κ1) is 19.4. The fraction of sp³-hybridized carbons (Fsp3) is 0.0769. The molecule has 0 radical (unpaired) electrons. The summed E-state index contributed by atoms with van der Waals surface area (Å²) in [5, 5.41) is 0. The van der Waals surface area contributed by atoms with Crippen LogP contribution in [0.15, 0.2) is 113 Å². The molecule has 28 heavy (non-hydrogen) atoms. The van der Waals surface area contributed by atoms with Gasteiger partial charge in [-0.15, -0.1) is 0 Å². The summed E-state index contributed by atoms with van der Waals surface area (Å²) in [6, 6.07) is 38.2. The Hall–Kier alpha value is -1.89. The molecule has 0 aliphatic carbocycles. The van der Waals surface area contributed by atoms with Gasteiger partial charge in [-0.3, -0.25) is 0 Å². The first-order valence-corrected chi connectivity index (χ1v) is 15.5. The van der Waals surface area contributed by atoms with Crippen molar-refractivity contribution in [3.63, 3.8) is 0 Å². The minimum absolute atomic E-state index is 1.30. The predicted octanol–water partition coefficient (Wildman–Crippen LogP) is 4.97. The third-order valence-electron chi connectivity index (χ3n) is 4.66. The molecule has 4 rings (SSSR count). The number of rotatable bonds is 5. The topological polar surface area (TPSA) is 0 Å². The molecular formula is C26H23BiS. The van der Waals surface area contributed by atoms with Crippen LogP contribution in [0, 0.1) is 13.8 Å². The Balaban J connectivity index is 1.83. The molecule has 0 fully saturated rings. The van der Waals surface area contributed by atoms with Crippen LogP contribution in [0.5, 0.6) is 0 Å². The molecule has 0 heterocycles. The molecule has 0 amide bonds. The second-order valence-corrected chi connectivity index (χ2v) is 16.5. The van der Waals surface area contributed by atoms with E-state index in [0.29, 0.717) is 0 Å². The Labute approximate surface area is 180 Å². The Kier molecular flexibility index (Phi) is 6.30. The average Bonchev–Trinajstić information content (AvgIpc) is 2.73. The van der Waals surface area contributed by atoms with Gasteiger partial charge in [0.05, 0.1) is 0 Å². The van der Waals surface area contributed by atoms with Crippen LogP contribution in [0.1, 0.15) is 11.1 Å². The third kappa shape index (κ3) is 4.57. The van der Waals surface area contributed by atoms with Gasteiger partial charge >= 0.3 is 181 Å². The molecule has 0 aromatic heterocycles. The van der Waals surface area contributed by atoms with Gasteiger partial charge in [0.25, 0.3) is 0 Å². The van der Waals surface area contributed by atoms with E-state index in [-0.39, 0.29) is 0 Å². The van der Waals surface area contributed by atoms with Crippen LogP contribution in [0.4, 0.5) is 0 Å². The molecule has 4 aromatic carbocycles. The summed E-state index contributed by atoms with van der Waals surface area (Å²) in [7, 11) is 0. The van der Waals surface area contributed by atoms with Crippen molar-refractivity contribution in [3.05, 3.63) is 114 Å². The van der Waals surface area contributed by atoms with E-state index < -0.39 is 21.8 Å². The normalized spacial score (nSPS) is 11.0. The summed E-state index contributed by atoms with van der Waals surface area (Å²) < 4.78 is 4.62. The predicted molar refractivity (Wildman–Crippen MR) is 124 cm³/mol. The Bertz CT molecular complexity index is 992. The van der Waals surface area contributed by atoms with Crippen molar-refractivity contribution in [1.29, 1.82) is 0 Å². The van der Waals surface area contributed by atoms with Gasteiger partial charge in [-0.25, -0.2) is 0 Å². The zero-order valence-electron chi connectivity index (χ0n) is 16.2. The molecular weight excluding hydrogens is 553 g/mol. The summed E-state index contributed by atoms with van der Waals surface area (Å²) in [5.74, 6) is 0. The van der Waals surface area contributed by atoms with Crippen molar-refractivity contribution >= 4 is 43.3 Å². The maximum absolute atomic E-state index is 2.38. The fourth-order valence-electron chi connectivity index (χ4n) is 3.16. The molecule has 0 atom stereocenters. The number of aryl methyl sites for hydroxylation is 2. The second kappa shape index (κ2) is 9.07. The molecule has 0 aliphatic rings. The van der Waals surface area contributed by atoms with Gasteiger partial charge in [0, 0.05) is 0 Å². The Morgan fingerprint density at radius 3 is 1.61 bits per heavy atom. The van der Waals surface area contributed by atoms with Crippen LogP contribution in [-0.4, -0.2) is 21.8 Å². The van der Waals surface area contributed by atoms with Gasteiger partial charge in [-0.1, -0.05) is 0 Å². The van der Waals surface area contributed by atoms with E-state index >= 15 is 0 Å². The SMILES string of the molecule is Cc1cc[c]([Bi]([c]2ccc(C)cc2)[c]2ccccc2Sc2ccccc2)cc1. The molecule has 0 aliphatic heterocycles. The van der Waals surface area contributed by atoms with E-state index in [2.05, 4.69) is 117 Å². The van der Waals surface area contributed by atoms with E-state index in [1.54, 1.807) is 3.27 Å². The summed E-state index contributed by atoms with van der Waals surface area (Å²) in [6.45, 7) is 4.33. The van der Waals surface area contributed by atoms with Crippen molar-refractivity contribution in [2.75, 3.05) is 0 Å². The van der Waals surface area contributed by atoms with Gasteiger partial charge in [0.1, 0.15) is 0 Å². The minimum atomic E-state index is -2.38. The molecule has 4 aromatic rings. The van der Waals surface area contributed by atoms with Crippen molar-refractivity contribution in [2.24, 2.45) is 0 Å². The van der Waals surface area contributed by atoms with Crippen molar-refractivity contribution in [1.82, 2.24) is 0 Å². The van der Waals surface area contributed by atoms with Gasteiger partial charge in [-0.05, 0) is 0 Å². The van der Waals surface area contributed by atoms with Gasteiger partial charge < -0.3 is 0 Å². The van der Waals surface area contributed by atoms with Crippen molar-refractivity contribution in [3.8, 4) is 0 Å². The molecule has 2 heteroatoms. The second-order valence-electron chi connectivity index (χ2n) is 6.89. The summed E-state index contributed by atoms with van der Waals surface area (Å²) in [4.78, 5) is 2.69. The van der Waals surface area contributed by atoms with Crippen LogP contribution in [-0.2, 0) is 0 Å². The maximum atomic E-state index is 2.36. The number of hydrogen-bond acceptors (Lipinski definition) is 1. The first-order valence-electron chi connectivity index (χ1n) is 9.46. The van der Waals surface area contributed by atoms with Gasteiger partial charge in [0.15, 0.2) is 0 Å². The third-order valence-corrected chi connectivity index (χ3v) is 16.1.